The molecule has 0 fully saturated rings. The monoisotopic (exact) mass is 415 g/mol. The molecule has 1 heterocycles. The molecule has 6 nitrogen and oxygen atoms in total. The van der Waals surface area contributed by atoms with Gasteiger partial charge in [-0.25, -0.2) is 18.1 Å². The van der Waals surface area contributed by atoms with Crippen molar-refractivity contribution in [1.82, 2.24) is 9.71 Å². The lowest BCUT2D eigenvalue weighted by atomic mass is 10.2. The van der Waals surface area contributed by atoms with Crippen molar-refractivity contribution in [2.45, 2.75) is 31.7 Å². The van der Waals surface area contributed by atoms with Crippen LogP contribution in [0, 0.1) is 6.92 Å². The fourth-order valence-corrected chi connectivity index (χ4v) is 4.86. The van der Waals surface area contributed by atoms with E-state index in [0.717, 1.165) is 16.1 Å². The van der Waals surface area contributed by atoms with E-state index in [1.807, 2.05) is 37.3 Å². The maximum atomic E-state index is 12.5. The van der Waals surface area contributed by atoms with Crippen molar-refractivity contribution in [3.63, 3.8) is 0 Å². The smallest absolute Gasteiger partial charge is 0.257 e. The minimum Gasteiger partial charge on any atom is -0.298 e. The fraction of sp³-hybridized carbons (Fsp3) is 0.200. The quantitative estimate of drug-likeness (QED) is 0.635. The highest BCUT2D eigenvalue weighted by molar-refractivity contribution is 7.89. The number of carbonyl (C=O) groups excluding carboxylic acids is 1. The Balaban J connectivity index is 1.75. The molecule has 0 radical (unpaired) electrons. The largest absolute Gasteiger partial charge is 0.298 e. The first-order valence-corrected chi connectivity index (χ1v) is 11.0. The Morgan fingerprint density at radius 1 is 1.04 bits per heavy atom. The van der Waals surface area contributed by atoms with Gasteiger partial charge in [-0.3, -0.25) is 10.1 Å². The number of hydrogen-bond donors (Lipinski definition) is 2. The number of sulfonamides is 1. The van der Waals surface area contributed by atoms with Gasteiger partial charge in [0, 0.05) is 11.6 Å². The highest BCUT2D eigenvalue weighted by Crippen LogP contribution is 2.32. The first-order valence-electron chi connectivity index (χ1n) is 8.73. The van der Waals surface area contributed by atoms with Crippen LogP contribution in [0.25, 0.3) is 10.4 Å². The van der Waals surface area contributed by atoms with Crippen molar-refractivity contribution in [3.8, 4) is 10.4 Å². The van der Waals surface area contributed by atoms with E-state index in [1.54, 1.807) is 13.8 Å². The second-order valence-electron chi connectivity index (χ2n) is 6.55. The van der Waals surface area contributed by atoms with E-state index >= 15 is 0 Å². The zero-order valence-corrected chi connectivity index (χ0v) is 17.4. The number of aromatic nitrogens is 1. The van der Waals surface area contributed by atoms with E-state index in [0.29, 0.717) is 10.7 Å². The standard InChI is InChI=1S/C20H21N3O3S2/c1-13(2)23-28(25,26)17-11-9-16(10-12-17)19(24)22-20-21-14(3)18(27-20)15-7-5-4-6-8-15/h4-13,23H,1-3H3,(H,21,22,24). The van der Waals surface area contributed by atoms with Gasteiger partial charge in [-0.15, -0.1) is 0 Å². The molecule has 3 rings (SSSR count). The van der Waals surface area contributed by atoms with Crippen molar-refractivity contribution >= 4 is 32.4 Å². The predicted molar refractivity (Wildman–Crippen MR) is 112 cm³/mol. The van der Waals surface area contributed by atoms with Gasteiger partial charge in [0.15, 0.2) is 5.13 Å². The van der Waals surface area contributed by atoms with Gasteiger partial charge in [-0.1, -0.05) is 41.7 Å². The molecule has 0 saturated heterocycles. The van der Waals surface area contributed by atoms with Crippen LogP contribution in [0.5, 0.6) is 0 Å². The van der Waals surface area contributed by atoms with Crippen molar-refractivity contribution in [1.29, 1.82) is 0 Å². The van der Waals surface area contributed by atoms with Gasteiger partial charge in [0.25, 0.3) is 5.91 Å². The number of amides is 1. The van der Waals surface area contributed by atoms with Gasteiger partial charge in [0.2, 0.25) is 10.0 Å². The minimum absolute atomic E-state index is 0.120. The van der Waals surface area contributed by atoms with E-state index in [4.69, 9.17) is 0 Å². The number of nitrogens with zero attached hydrogens (tertiary/aromatic N) is 1. The summed E-state index contributed by atoms with van der Waals surface area (Å²) in [6, 6.07) is 15.5. The van der Waals surface area contributed by atoms with E-state index < -0.39 is 10.0 Å². The van der Waals surface area contributed by atoms with Gasteiger partial charge >= 0.3 is 0 Å². The summed E-state index contributed by atoms with van der Waals surface area (Å²) in [6.45, 7) is 5.40. The number of rotatable bonds is 6. The number of anilines is 1. The molecule has 0 aliphatic heterocycles. The van der Waals surface area contributed by atoms with Crippen LogP contribution in [0.1, 0.15) is 29.9 Å². The molecule has 0 bridgehead atoms. The number of hydrogen-bond acceptors (Lipinski definition) is 5. The summed E-state index contributed by atoms with van der Waals surface area (Å²) in [5, 5.41) is 3.28. The summed E-state index contributed by atoms with van der Waals surface area (Å²) in [5.41, 5.74) is 2.25. The number of aryl methyl sites for hydroxylation is 1. The molecule has 2 N–H and O–H groups in total. The van der Waals surface area contributed by atoms with Crippen molar-refractivity contribution in [2.24, 2.45) is 0 Å². The molecule has 2 aromatic carbocycles. The van der Waals surface area contributed by atoms with Crippen LogP contribution in [-0.2, 0) is 10.0 Å². The van der Waals surface area contributed by atoms with E-state index in [2.05, 4.69) is 15.0 Å². The Bertz CT molecular complexity index is 1070. The summed E-state index contributed by atoms with van der Waals surface area (Å²) in [4.78, 5) is 18.0. The summed E-state index contributed by atoms with van der Waals surface area (Å²) >= 11 is 1.40. The van der Waals surface area contributed by atoms with Crippen LogP contribution in [0.2, 0.25) is 0 Å². The molecule has 0 unspecified atom stereocenters. The Labute approximate surface area is 168 Å². The van der Waals surface area contributed by atoms with Crippen LogP contribution in [0.4, 0.5) is 5.13 Å². The SMILES string of the molecule is Cc1nc(NC(=O)c2ccc(S(=O)(=O)NC(C)C)cc2)sc1-c1ccccc1. The normalized spacial score (nSPS) is 11.6. The zero-order valence-electron chi connectivity index (χ0n) is 15.8. The number of benzene rings is 2. The lowest BCUT2D eigenvalue weighted by Gasteiger charge is -2.10. The van der Waals surface area contributed by atoms with Gasteiger partial charge < -0.3 is 0 Å². The van der Waals surface area contributed by atoms with Gasteiger partial charge in [-0.2, -0.15) is 0 Å². The first kappa shape index (κ1) is 20.2. The summed E-state index contributed by atoms with van der Waals surface area (Å²) in [6.07, 6.45) is 0. The average Bonchev–Trinajstić information content (AvgIpc) is 3.01. The molecule has 0 atom stereocenters. The molecule has 146 valence electrons. The molecule has 0 aliphatic rings. The molecule has 0 saturated carbocycles. The lowest BCUT2D eigenvalue weighted by molar-refractivity contribution is 0.102. The van der Waals surface area contributed by atoms with Crippen LogP contribution in [-0.4, -0.2) is 25.4 Å². The average molecular weight is 416 g/mol. The second-order valence-corrected chi connectivity index (χ2v) is 9.27. The third kappa shape index (κ3) is 4.64. The lowest BCUT2D eigenvalue weighted by Crippen LogP contribution is -2.30. The zero-order chi connectivity index (χ0) is 20.3. The molecule has 1 aromatic heterocycles. The van der Waals surface area contributed by atoms with E-state index in [-0.39, 0.29) is 16.8 Å². The number of carbonyl (C=O) groups is 1. The second kappa shape index (κ2) is 8.22. The van der Waals surface area contributed by atoms with Crippen molar-refractivity contribution in [2.75, 3.05) is 5.32 Å². The molecule has 8 heteroatoms. The Morgan fingerprint density at radius 2 is 1.68 bits per heavy atom. The number of nitrogens with one attached hydrogen (secondary N) is 2. The summed E-state index contributed by atoms with van der Waals surface area (Å²) in [5.74, 6) is -0.339. The third-order valence-corrected chi connectivity index (χ3v) is 6.67. The fourth-order valence-electron chi connectivity index (χ4n) is 2.64. The Morgan fingerprint density at radius 3 is 2.29 bits per heavy atom. The Hall–Kier alpha value is -2.55. The van der Waals surface area contributed by atoms with Gasteiger partial charge in [-0.05, 0) is 50.6 Å². The highest BCUT2D eigenvalue weighted by Gasteiger charge is 2.17. The van der Waals surface area contributed by atoms with Crippen LogP contribution in [0.3, 0.4) is 0 Å². The first-order chi connectivity index (χ1) is 13.3. The summed E-state index contributed by atoms with van der Waals surface area (Å²) in [7, 11) is -3.59. The van der Waals surface area contributed by atoms with Gasteiger partial charge in [0.05, 0.1) is 15.5 Å². The molecular formula is C20H21N3O3S2. The maximum absolute atomic E-state index is 12.5. The van der Waals surface area contributed by atoms with Crippen LogP contribution in [0.15, 0.2) is 59.5 Å². The van der Waals surface area contributed by atoms with Crippen LogP contribution < -0.4 is 10.0 Å². The highest BCUT2D eigenvalue weighted by atomic mass is 32.2. The minimum atomic E-state index is -3.59. The molecule has 0 spiro atoms. The van der Waals surface area contributed by atoms with Crippen LogP contribution >= 0.6 is 11.3 Å². The van der Waals surface area contributed by atoms with Crippen molar-refractivity contribution in [3.05, 3.63) is 65.9 Å². The third-order valence-electron chi connectivity index (χ3n) is 3.87. The Kier molecular flexibility index (Phi) is 5.93. The molecule has 28 heavy (non-hydrogen) atoms. The molecule has 0 aliphatic carbocycles. The molecular weight excluding hydrogens is 394 g/mol. The van der Waals surface area contributed by atoms with Gasteiger partial charge in [0.1, 0.15) is 0 Å². The topological polar surface area (TPSA) is 88.2 Å². The summed E-state index contributed by atoms with van der Waals surface area (Å²) < 4.78 is 26.9. The maximum Gasteiger partial charge on any atom is 0.257 e. The number of thiazole rings is 1. The molecule has 3 aromatic rings. The van der Waals surface area contributed by atoms with E-state index in [1.165, 1.54) is 35.6 Å². The predicted octanol–water partition coefficient (Wildman–Crippen LogP) is 4.06. The molecule has 1 amide bonds. The van der Waals surface area contributed by atoms with E-state index in [9.17, 15) is 13.2 Å². The van der Waals surface area contributed by atoms with Crippen molar-refractivity contribution < 1.29 is 13.2 Å².